The normalized spacial score (nSPS) is 16.1. The van der Waals surface area contributed by atoms with Gasteiger partial charge in [0.05, 0.1) is 0 Å². The molecule has 0 spiro atoms. The van der Waals surface area contributed by atoms with E-state index < -0.39 is 6.10 Å². The van der Waals surface area contributed by atoms with Gasteiger partial charge in [0.25, 0.3) is 0 Å². The molecule has 4 heteroatoms. The molecular formula is C8H16NO2Se. The summed E-state index contributed by atoms with van der Waals surface area (Å²) >= 11 is 2.32. The van der Waals surface area contributed by atoms with Gasteiger partial charge in [-0.2, -0.15) is 0 Å². The second kappa shape index (κ2) is 5.70. The van der Waals surface area contributed by atoms with Crippen molar-refractivity contribution in [2.75, 3.05) is 0 Å². The Labute approximate surface area is 81.5 Å². The molecule has 0 aromatic carbocycles. The maximum atomic E-state index is 10.6. The van der Waals surface area contributed by atoms with E-state index in [9.17, 15) is 9.90 Å². The predicted octanol–water partition coefficient (Wildman–Crippen LogP) is -0.194. The summed E-state index contributed by atoms with van der Waals surface area (Å²) in [6.45, 7) is 4.07. The molecule has 0 aliphatic rings. The van der Waals surface area contributed by atoms with Gasteiger partial charge in [-0.05, 0) is 0 Å². The fraction of sp³-hybridized carbons (Fsp3) is 0.875. The summed E-state index contributed by atoms with van der Waals surface area (Å²) in [5, 5.41) is 9.37. The second-order valence-electron chi connectivity index (χ2n) is 3.44. The topological polar surface area (TPSA) is 63.3 Å². The van der Waals surface area contributed by atoms with Crippen molar-refractivity contribution in [1.82, 2.24) is 0 Å². The first-order chi connectivity index (χ1) is 5.43. The molecule has 0 saturated heterocycles. The van der Waals surface area contributed by atoms with Gasteiger partial charge in [0.15, 0.2) is 0 Å². The van der Waals surface area contributed by atoms with Gasteiger partial charge in [-0.15, -0.1) is 0 Å². The average Bonchev–Trinajstić information content (AvgIpc) is 1.84. The fourth-order valence-electron chi connectivity index (χ4n) is 1.02. The number of hydrogen-bond donors (Lipinski definition) is 2. The number of nitrogens with two attached hydrogens (primary N) is 1. The summed E-state index contributed by atoms with van der Waals surface area (Å²) in [6.07, 6.45) is 0.156. The third kappa shape index (κ3) is 5.72. The van der Waals surface area contributed by atoms with Crippen molar-refractivity contribution in [3.05, 3.63) is 0 Å². The number of carbonyl (C=O) groups is 1. The number of rotatable bonds is 5. The van der Waals surface area contributed by atoms with E-state index >= 15 is 0 Å². The van der Waals surface area contributed by atoms with Crippen LogP contribution in [0, 0.1) is 5.92 Å². The molecule has 3 N–H and O–H groups in total. The van der Waals surface area contributed by atoms with Gasteiger partial charge in [-0.3, -0.25) is 0 Å². The molecule has 2 atom stereocenters. The van der Waals surface area contributed by atoms with Crippen molar-refractivity contribution < 1.29 is 9.90 Å². The van der Waals surface area contributed by atoms with E-state index in [0.717, 1.165) is 6.42 Å². The molecule has 0 amide bonds. The molecule has 0 unspecified atom stereocenters. The van der Waals surface area contributed by atoms with E-state index in [-0.39, 0.29) is 17.1 Å². The Morgan fingerprint density at radius 2 is 2.08 bits per heavy atom. The van der Waals surface area contributed by atoms with Crippen LogP contribution in [0.2, 0.25) is 0 Å². The fourth-order valence-corrected chi connectivity index (χ4v) is 1.38. The monoisotopic (exact) mass is 238 g/mol. The third-order valence-corrected chi connectivity index (χ3v) is 1.96. The zero-order valence-corrected chi connectivity index (χ0v) is 9.20. The molecule has 3 nitrogen and oxygen atoms in total. The minimum absolute atomic E-state index is 0.119. The molecule has 0 saturated carbocycles. The van der Waals surface area contributed by atoms with E-state index in [2.05, 4.69) is 16.0 Å². The van der Waals surface area contributed by atoms with Crippen LogP contribution in [0.1, 0.15) is 26.7 Å². The summed E-state index contributed by atoms with van der Waals surface area (Å²) in [5.41, 5.74) is 5.65. The van der Waals surface area contributed by atoms with Crippen LogP contribution in [0.5, 0.6) is 0 Å². The van der Waals surface area contributed by atoms with Gasteiger partial charge in [0.2, 0.25) is 0 Å². The van der Waals surface area contributed by atoms with Gasteiger partial charge in [0.1, 0.15) is 0 Å². The van der Waals surface area contributed by atoms with Crippen molar-refractivity contribution in [3.8, 4) is 0 Å². The molecule has 0 heterocycles. The Bertz CT molecular complexity index is 150. The van der Waals surface area contributed by atoms with Crippen molar-refractivity contribution in [3.63, 3.8) is 0 Å². The Hall–Kier alpha value is 0.109. The van der Waals surface area contributed by atoms with Gasteiger partial charge in [-0.25, -0.2) is 0 Å². The standard InChI is InChI=1S/C8H16NO2Se/c1-5(2)3-6(9)7(10)4-8(11)12/h5-7,10H,3-4,9H2,1-2H3/t6-,7-/m0/s1. The van der Waals surface area contributed by atoms with Crippen molar-refractivity contribution in [2.45, 2.75) is 38.8 Å². The molecule has 1 radical (unpaired) electrons. The SMILES string of the molecule is CC(C)C[C@H](N)[C@@H](O)CC(=O)[Se]. The molecule has 0 rings (SSSR count). The molecule has 0 bridgehead atoms. The molecule has 0 aromatic heterocycles. The van der Waals surface area contributed by atoms with Crippen LogP contribution in [0.4, 0.5) is 0 Å². The molecule has 0 aliphatic heterocycles. The predicted molar refractivity (Wildman–Crippen MR) is 48.8 cm³/mol. The molecule has 0 fully saturated rings. The quantitative estimate of drug-likeness (QED) is 0.651. The first-order valence-electron chi connectivity index (χ1n) is 4.07. The second-order valence-corrected chi connectivity index (χ2v) is 4.39. The molecule has 71 valence electrons. The molecule has 0 aliphatic carbocycles. The van der Waals surface area contributed by atoms with E-state index in [1.165, 1.54) is 0 Å². The van der Waals surface area contributed by atoms with Crippen LogP contribution in [-0.2, 0) is 4.79 Å². The third-order valence-electron chi connectivity index (χ3n) is 1.61. The molecule has 0 aromatic rings. The Kier molecular flexibility index (Phi) is 5.76. The van der Waals surface area contributed by atoms with Crippen LogP contribution in [0.25, 0.3) is 0 Å². The number of aliphatic hydroxyl groups excluding tert-OH is 1. The summed E-state index contributed by atoms with van der Waals surface area (Å²) in [4.78, 5) is 10.6. The van der Waals surface area contributed by atoms with Crippen LogP contribution < -0.4 is 5.73 Å². The van der Waals surface area contributed by atoms with Crippen LogP contribution >= 0.6 is 0 Å². The Morgan fingerprint density at radius 3 is 2.42 bits per heavy atom. The van der Waals surface area contributed by atoms with Gasteiger partial charge in [-0.1, -0.05) is 0 Å². The minimum atomic E-state index is -0.707. The van der Waals surface area contributed by atoms with Gasteiger partial charge >= 0.3 is 81.1 Å². The Morgan fingerprint density at radius 1 is 1.58 bits per heavy atom. The maximum absolute atomic E-state index is 10.6. The zero-order chi connectivity index (χ0) is 9.72. The first-order valence-corrected chi connectivity index (χ1v) is 4.92. The average molecular weight is 237 g/mol. The Balaban J connectivity index is 3.76. The summed E-state index contributed by atoms with van der Waals surface area (Å²) < 4.78 is -0.137. The van der Waals surface area contributed by atoms with Crippen LogP contribution in [-0.4, -0.2) is 37.9 Å². The van der Waals surface area contributed by atoms with Crippen LogP contribution in [0.3, 0.4) is 0 Å². The molecular weight excluding hydrogens is 221 g/mol. The first kappa shape index (κ1) is 12.1. The van der Waals surface area contributed by atoms with Crippen LogP contribution in [0.15, 0.2) is 0 Å². The number of hydrogen-bond acceptors (Lipinski definition) is 3. The number of carbonyl (C=O) groups excluding carboxylic acids is 1. The zero-order valence-electron chi connectivity index (χ0n) is 7.49. The van der Waals surface area contributed by atoms with E-state index in [1.807, 2.05) is 13.8 Å². The van der Waals surface area contributed by atoms with E-state index in [1.54, 1.807) is 0 Å². The van der Waals surface area contributed by atoms with Gasteiger partial charge in [0, 0.05) is 0 Å². The van der Waals surface area contributed by atoms with Gasteiger partial charge < -0.3 is 0 Å². The number of aliphatic hydroxyl groups is 1. The summed E-state index contributed by atoms with van der Waals surface area (Å²) in [6, 6.07) is -0.290. The van der Waals surface area contributed by atoms with Crippen molar-refractivity contribution >= 4 is 20.7 Å². The summed E-state index contributed by atoms with van der Waals surface area (Å²) in [7, 11) is 0. The summed E-state index contributed by atoms with van der Waals surface area (Å²) in [5.74, 6) is 0.450. The molecule has 12 heavy (non-hydrogen) atoms. The van der Waals surface area contributed by atoms with Crippen molar-refractivity contribution in [1.29, 1.82) is 0 Å². The van der Waals surface area contributed by atoms with Crippen molar-refractivity contribution in [2.24, 2.45) is 11.7 Å². The van der Waals surface area contributed by atoms with E-state index in [0.29, 0.717) is 5.92 Å². The van der Waals surface area contributed by atoms with E-state index in [4.69, 9.17) is 5.73 Å².